The van der Waals surface area contributed by atoms with E-state index in [1.54, 1.807) is 43.1 Å². The number of nitrogens with one attached hydrogen (secondary N) is 2. The molecule has 0 radical (unpaired) electrons. The maximum Gasteiger partial charge on any atom is 0.241 e. The van der Waals surface area contributed by atoms with Crippen molar-refractivity contribution in [2.24, 2.45) is 0 Å². The van der Waals surface area contributed by atoms with Crippen LogP contribution in [0.3, 0.4) is 0 Å². The van der Waals surface area contributed by atoms with Gasteiger partial charge in [0, 0.05) is 17.4 Å². The largest absolute Gasteiger partial charge is 0.486 e. The van der Waals surface area contributed by atoms with E-state index < -0.39 is 11.9 Å². The molecular formula is C20H22FN3O4. The Bertz CT molecular complexity index is 874. The molecule has 2 aromatic carbocycles. The molecule has 1 atom stereocenters. The fraction of sp³-hybridized carbons (Fsp3) is 0.300. The lowest BCUT2D eigenvalue weighted by Crippen LogP contribution is -2.43. The van der Waals surface area contributed by atoms with Crippen LogP contribution in [0, 0.1) is 5.82 Å². The highest BCUT2D eigenvalue weighted by molar-refractivity contribution is 5.96. The van der Waals surface area contributed by atoms with E-state index in [2.05, 4.69) is 10.6 Å². The predicted octanol–water partition coefficient (Wildman–Crippen LogP) is 2.49. The molecule has 2 amide bonds. The summed E-state index contributed by atoms with van der Waals surface area (Å²) in [7, 11) is 1.67. The van der Waals surface area contributed by atoms with E-state index in [1.807, 2.05) is 0 Å². The zero-order chi connectivity index (χ0) is 20.1. The second kappa shape index (κ2) is 8.71. The van der Waals surface area contributed by atoms with Crippen LogP contribution in [0.1, 0.15) is 6.92 Å². The molecule has 7 nitrogen and oxygen atoms in total. The van der Waals surface area contributed by atoms with Gasteiger partial charge in [0.15, 0.2) is 11.5 Å². The van der Waals surface area contributed by atoms with E-state index in [4.69, 9.17) is 9.47 Å². The van der Waals surface area contributed by atoms with Crippen LogP contribution in [0.2, 0.25) is 0 Å². The Morgan fingerprint density at radius 2 is 1.79 bits per heavy atom. The van der Waals surface area contributed by atoms with Crippen LogP contribution < -0.4 is 20.1 Å². The maximum absolute atomic E-state index is 13.2. The van der Waals surface area contributed by atoms with Gasteiger partial charge in [0.25, 0.3) is 0 Å². The van der Waals surface area contributed by atoms with Crippen molar-refractivity contribution in [2.45, 2.75) is 13.0 Å². The van der Waals surface area contributed by atoms with Crippen LogP contribution in [0.15, 0.2) is 42.5 Å². The number of amides is 2. The molecule has 0 unspecified atom stereocenters. The Morgan fingerprint density at radius 3 is 2.54 bits per heavy atom. The topological polar surface area (TPSA) is 79.9 Å². The van der Waals surface area contributed by atoms with Gasteiger partial charge < -0.3 is 20.1 Å². The van der Waals surface area contributed by atoms with Gasteiger partial charge in [0.1, 0.15) is 19.0 Å². The summed E-state index contributed by atoms with van der Waals surface area (Å²) in [6.07, 6.45) is 0. The average molecular weight is 387 g/mol. The molecule has 1 heterocycles. The molecular weight excluding hydrogens is 365 g/mol. The number of rotatable bonds is 6. The number of fused-ring (bicyclic) bond motifs is 1. The van der Waals surface area contributed by atoms with Crippen molar-refractivity contribution in [1.82, 2.24) is 4.90 Å². The number of hydrogen-bond donors (Lipinski definition) is 2. The van der Waals surface area contributed by atoms with Crippen LogP contribution >= 0.6 is 0 Å². The Hall–Kier alpha value is -3.13. The molecule has 148 valence electrons. The van der Waals surface area contributed by atoms with Gasteiger partial charge in [0.2, 0.25) is 11.8 Å². The number of likely N-dealkylation sites (N-methyl/N-ethyl adjacent to an activating group) is 1. The van der Waals surface area contributed by atoms with Gasteiger partial charge in [-0.1, -0.05) is 6.07 Å². The first kappa shape index (κ1) is 19.6. The van der Waals surface area contributed by atoms with Crippen LogP contribution in [0.25, 0.3) is 0 Å². The molecule has 0 saturated carbocycles. The number of hydrogen-bond acceptors (Lipinski definition) is 5. The van der Waals surface area contributed by atoms with Crippen molar-refractivity contribution in [3.05, 3.63) is 48.3 Å². The van der Waals surface area contributed by atoms with Crippen molar-refractivity contribution in [2.75, 3.05) is 37.4 Å². The summed E-state index contributed by atoms with van der Waals surface area (Å²) < 4.78 is 24.2. The molecule has 0 bridgehead atoms. The van der Waals surface area contributed by atoms with Gasteiger partial charge in [-0.2, -0.15) is 0 Å². The Labute approximate surface area is 162 Å². The molecule has 1 aliphatic heterocycles. The van der Waals surface area contributed by atoms with Gasteiger partial charge in [0.05, 0.1) is 12.6 Å². The van der Waals surface area contributed by atoms with E-state index >= 15 is 0 Å². The molecule has 0 spiro atoms. The molecule has 1 aliphatic rings. The smallest absolute Gasteiger partial charge is 0.241 e. The molecule has 0 aromatic heterocycles. The number of nitrogens with zero attached hydrogens (tertiary/aromatic N) is 1. The quantitative estimate of drug-likeness (QED) is 0.796. The monoisotopic (exact) mass is 387 g/mol. The lowest BCUT2D eigenvalue weighted by molar-refractivity contribution is -0.122. The molecule has 28 heavy (non-hydrogen) atoms. The minimum Gasteiger partial charge on any atom is -0.486 e. The number of halogens is 1. The second-order valence-corrected chi connectivity index (χ2v) is 6.50. The van der Waals surface area contributed by atoms with Crippen molar-refractivity contribution in [3.8, 4) is 11.5 Å². The highest BCUT2D eigenvalue weighted by atomic mass is 19.1. The molecule has 2 N–H and O–H groups in total. The first-order valence-corrected chi connectivity index (χ1v) is 8.88. The van der Waals surface area contributed by atoms with E-state index in [-0.39, 0.29) is 18.4 Å². The van der Waals surface area contributed by atoms with Crippen molar-refractivity contribution >= 4 is 23.2 Å². The van der Waals surface area contributed by atoms with Crippen LogP contribution in [-0.4, -0.2) is 49.6 Å². The van der Waals surface area contributed by atoms with E-state index in [9.17, 15) is 14.0 Å². The van der Waals surface area contributed by atoms with Crippen LogP contribution in [0.4, 0.5) is 15.8 Å². The van der Waals surface area contributed by atoms with E-state index in [0.717, 1.165) is 0 Å². The average Bonchev–Trinajstić information content (AvgIpc) is 2.67. The summed E-state index contributed by atoms with van der Waals surface area (Å²) in [6, 6.07) is 10.3. The first-order chi connectivity index (χ1) is 13.4. The highest BCUT2D eigenvalue weighted by Crippen LogP contribution is 2.32. The van der Waals surface area contributed by atoms with Gasteiger partial charge in [-0.3, -0.25) is 14.5 Å². The van der Waals surface area contributed by atoms with Crippen molar-refractivity contribution in [3.63, 3.8) is 0 Å². The third-order valence-electron chi connectivity index (χ3n) is 4.35. The minimum absolute atomic E-state index is 0.0216. The van der Waals surface area contributed by atoms with Gasteiger partial charge >= 0.3 is 0 Å². The fourth-order valence-electron chi connectivity index (χ4n) is 2.70. The third kappa shape index (κ3) is 4.98. The van der Waals surface area contributed by atoms with Crippen LogP contribution in [0.5, 0.6) is 11.5 Å². The van der Waals surface area contributed by atoms with Crippen LogP contribution in [-0.2, 0) is 9.59 Å². The Morgan fingerprint density at radius 1 is 1.07 bits per heavy atom. The zero-order valence-electron chi connectivity index (χ0n) is 15.7. The molecule has 3 rings (SSSR count). The molecule has 0 fully saturated rings. The Kier molecular flexibility index (Phi) is 6.10. The molecule has 0 aliphatic carbocycles. The SMILES string of the molecule is C[C@H](C(=O)Nc1ccc2c(c1)OCCO2)N(C)CC(=O)Nc1cccc(F)c1. The minimum atomic E-state index is -0.563. The molecule has 0 saturated heterocycles. The summed E-state index contributed by atoms with van der Waals surface area (Å²) in [4.78, 5) is 26.2. The van der Waals surface area contributed by atoms with E-state index in [0.29, 0.717) is 36.1 Å². The normalized spacial score (nSPS) is 13.7. The van der Waals surface area contributed by atoms with Crippen molar-refractivity contribution in [1.29, 1.82) is 0 Å². The number of anilines is 2. The standard InChI is InChI=1S/C20H22FN3O4/c1-13(24(2)12-19(25)22-15-5-3-4-14(21)10-15)20(26)23-16-6-7-17-18(11-16)28-9-8-27-17/h3-7,10-11,13H,8-9,12H2,1-2H3,(H,22,25)(H,23,26)/t13-/m1/s1. The molecule has 2 aromatic rings. The summed E-state index contributed by atoms with van der Waals surface area (Å²) >= 11 is 0. The number of carbonyl (C=O) groups excluding carboxylic acids is 2. The van der Waals surface area contributed by atoms with Gasteiger partial charge in [-0.15, -0.1) is 0 Å². The van der Waals surface area contributed by atoms with Crippen molar-refractivity contribution < 1.29 is 23.5 Å². The van der Waals surface area contributed by atoms with Gasteiger partial charge in [-0.25, -0.2) is 4.39 Å². The number of carbonyl (C=O) groups is 2. The summed E-state index contributed by atoms with van der Waals surface area (Å²) in [6.45, 7) is 2.64. The summed E-state index contributed by atoms with van der Waals surface area (Å²) in [5.74, 6) is 0.186. The number of benzene rings is 2. The lowest BCUT2D eigenvalue weighted by Gasteiger charge is -2.24. The summed E-state index contributed by atoms with van der Waals surface area (Å²) in [5, 5.41) is 5.41. The fourth-order valence-corrected chi connectivity index (χ4v) is 2.70. The second-order valence-electron chi connectivity index (χ2n) is 6.50. The summed E-state index contributed by atoms with van der Waals surface area (Å²) in [5.41, 5.74) is 0.950. The van der Waals surface area contributed by atoms with Gasteiger partial charge in [-0.05, 0) is 44.3 Å². The zero-order valence-corrected chi connectivity index (χ0v) is 15.7. The Balaban J connectivity index is 1.54. The predicted molar refractivity (Wildman–Crippen MR) is 103 cm³/mol. The maximum atomic E-state index is 13.2. The highest BCUT2D eigenvalue weighted by Gasteiger charge is 2.21. The third-order valence-corrected chi connectivity index (χ3v) is 4.35. The number of ether oxygens (including phenoxy) is 2. The molecule has 8 heteroatoms. The van der Waals surface area contributed by atoms with E-state index in [1.165, 1.54) is 18.2 Å². The first-order valence-electron chi connectivity index (χ1n) is 8.88. The lowest BCUT2D eigenvalue weighted by atomic mass is 10.2.